The third kappa shape index (κ3) is 4.11. The zero-order valence-corrected chi connectivity index (χ0v) is 19.7. The van der Waals surface area contributed by atoms with E-state index in [0.29, 0.717) is 33.5 Å². The van der Waals surface area contributed by atoms with Gasteiger partial charge in [-0.15, -0.1) is 0 Å². The van der Waals surface area contributed by atoms with Gasteiger partial charge in [0.05, 0.1) is 16.9 Å². The van der Waals surface area contributed by atoms with Gasteiger partial charge < -0.3 is 14.5 Å². The average Bonchev–Trinajstić information content (AvgIpc) is 3.60. The normalized spacial score (nSPS) is 13.3. The Morgan fingerprint density at radius 1 is 1.15 bits per heavy atom. The Bertz CT molecular complexity index is 1390. The summed E-state index contributed by atoms with van der Waals surface area (Å²) in [5.41, 5.74) is 4.04. The molecule has 4 aromatic rings. The Labute approximate surface area is 205 Å². The lowest BCUT2D eigenvalue weighted by Crippen LogP contribution is -2.32. The molecule has 1 aromatic heterocycles. The number of carbonyl (C=O) groups excluding carboxylic acids is 1. The van der Waals surface area contributed by atoms with Gasteiger partial charge in [-0.2, -0.15) is 0 Å². The van der Waals surface area contributed by atoms with E-state index in [2.05, 4.69) is 0 Å². The summed E-state index contributed by atoms with van der Waals surface area (Å²) in [6, 6.07) is 15.3. The lowest BCUT2D eigenvalue weighted by Gasteiger charge is -2.25. The number of aldehydes is 1. The first kappa shape index (κ1) is 23.0. The van der Waals surface area contributed by atoms with Crippen molar-refractivity contribution in [2.45, 2.75) is 18.8 Å². The molecule has 5 rings (SSSR count). The fourth-order valence-electron chi connectivity index (χ4n) is 4.19. The van der Waals surface area contributed by atoms with Crippen molar-refractivity contribution in [3.63, 3.8) is 0 Å². The second-order valence-electron chi connectivity index (χ2n) is 8.21. The largest absolute Gasteiger partial charge is 0.491 e. The molecular formula is C25H20BClFNO4S. The fourth-order valence-corrected chi connectivity index (χ4v) is 5.00. The zero-order chi connectivity index (χ0) is 24.0. The van der Waals surface area contributed by atoms with Gasteiger partial charge in [0.2, 0.25) is 0 Å². The second kappa shape index (κ2) is 9.11. The van der Waals surface area contributed by atoms with E-state index in [1.165, 1.54) is 24.1 Å². The van der Waals surface area contributed by atoms with Crippen LogP contribution >= 0.6 is 23.5 Å². The Morgan fingerprint density at radius 3 is 2.47 bits per heavy atom. The van der Waals surface area contributed by atoms with E-state index in [9.17, 15) is 19.2 Å². The van der Waals surface area contributed by atoms with E-state index < -0.39 is 12.9 Å². The van der Waals surface area contributed by atoms with E-state index in [1.54, 1.807) is 18.2 Å². The van der Waals surface area contributed by atoms with Gasteiger partial charge in [0.25, 0.3) is 0 Å². The minimum absolute atomic E-state index is 0.183. The van der Waals surface area contributed by atoms with Crippen LogP contribution in [-0.2, 0) is 0 Å². The smallest absolute Gasteiger partial charge is 0.455 e. The molecule has 1 saturated carbocycles. The van der Waals surface area contributed by atoms with E-state index >= 15 is 0 Å². The topological polar surface area (TPSA) is 73.9 Å². The standard InChI is InChI=1S/C25H20BClFNO4S/c1-34-29(17-8-9-21(26(31)32)22(28)10-17)23-12-24-19(11-18(23)14-2-3-14)20(13-30)25(33-24)15-4-6-16(27)7-5-15/h4-14,31-32H,2-3H2,1H3. The van der Waals surface area contributed by atoms with Crippen molar-refractivity contribution in [2.75, 3.05) is 10.6 Å². The quantitative estimate of drug-likeness (QED) is 0.195. The van der Waals surface area contributed by atoms with E-state index in [1.807, 2.05) is 34.8 Å². The summed E-state index contributed by atoms with van der Waals surface area (Å²) in [6.45, 7) is 0. The third-order valence-corrected chi connectivity index (χ3v) is 7.04. The minimum atomic E-state index is -1.88. The van der Waals surface area contributed by atoms with Crippen LogP contribution in [0.3, 0.4) is 0 Å². The second-order valence-corrected chi connectivity index (χ2v) is 9.37. The molecule has 0 spiro atoms. The lowest BCUT2D eigenvalue weighted by atomic mass is 9.80. The molecule has 172 valence electrons. The number of hydrogen-bond donors (Lipinski definition) is 2. The number of halogens is 2. The number of carbonyl (C=O) groups is 1. The molecule has 0 amide bonds. The first-order valence-corrected chi connectivity index (χ1v) is 12.3. The Balaban J connectivity index is 1.67. The first-order valence-electron chi connectivity index (χ1n) is 10.7. The van der Waals surface area contributed by atoms with Crippen LogP contribution in [0, 0.1) is 5.82 Å². The highest BCUT2D eigenvalue weighted by atomic mass is 35.5. The van der Waals surface area contributed by atoms with Gasteiger partial charge in [0, 0.05) is 33.8 Å². The third-order valence-electron chi connectivity index (χ3n) is 6.02. The first-order chi connectivity index (χ1) is 16.4. The highest BCUT2D eigenvalue weighted by molar-refractivity contribution is 8.00. The summed E-state index contributed by atoms with van der Waals surface area (Å²) in [7, 11) is -1.88. The maximum Gasteiger partial charge on any atom is 0.491 e. The summed E-state index contributed by atoms with van der Waals surface area (Å²) in [5, 5.41) is 20.0. The van der Waals surface area contributed by atoms with Crippen molar-refractivity contribution < 1.29 is 23.7 Å². The molecule has 2 N–H and O–H groups in total. The molecule has 1 aliphatic rings. The SMILES string of the molecule is CSN(c1ccc(B(O)O)c(F)c1)c1cc2oc(-c3ccc(Cl)cc3)c(C=O)c2cc1C1CC1. The molecule has 0 unspecified atom stereocenters. The number of rotatable bonds is 7. The van der Waals surface area contributed by atoms with Gasteiger partial charge in [-0.25, -0.2) is 4.39 Å². The summed E-state index contributed by atoms with van der Waals surface area (Å²) < 4.78 is 22.6. The monoisotopic (exact) mass is 495 g/mol. The van der Waals surface area contributed by atoms with E-state index in [-0.39, 0.29) is 5.46 Å². The molecule has 5 nitrogen and oxygen atoms in total. The van der Waals surface area contributed by atoms with Crippen LogP contribution in [0.15, 0.2) is 59.0 Å². The van der Waals surface area contributed by atoms with Crippen LogP contribution in [0.25, 0.3) is 22.3 Å². The van der Waals surface area contributed by atoms with Gasteiger partial charge in [-0.05, 0) is 78.7 Å². The molecule has 0 bridgehead atoms. The van der Waals surface area contributed by atoms with Crippen LogP contribution in [0.5, 0.6) is 0 Å². The maximum atomic E-state index is 14.5. The van der Waals surface area contributed by atoms with Gasteiger partial charge >= 0.3 is 7.12 Å². The van der Waals surface area contributed by atoms with Gasteiger partial charge in [-0.3, -0.25) is 9.10 Å². The van der Waals surface area contributed by atoms with E-state index in [0.717, 1.165) is 41.3 Å². The molecule has 0 radical (unpaired) electrons. The molecule has 9 heteroatoms. The van der Waals surface area contributed by atoms with Crippen LogP contribution in [-0.4, -0.2) is 29.7 Å². The molecular weight excluding hydrogens is 476 g/mol. The zero-order valence-electron chi connectivity index (χ0n) is 18.2. The fraction of sp³-hybridized carbons (Fsp3) is 0.160. The molecule has 1 aliphatic carbocycles. The van der Waals surface area contributed by atoms with Crippen LogP contribution in [0.2, 0.25) is 5.02 Å². The van der Waals surface area contributed by atoms with Crippen LogP contribution in [0.1, 0.15) is 34.7 Å². The number of benzene rings is 3. The predicted octanol–water partition coefficient (Wildman–Crippen LogP) is 5.68. The van der Waals surface area contributed by atoms with Crippen molar-refractivity contribution >= 4 is 64.8 Å². The Morgan fingerprint density at radius 2 is 1.88 bits per heavy atom. The summed E-state index contributed by atoms with van der Waals surface area (Å²) in [6.07, 6.45) is 4.75. The Kier molecular flexibility index (Phi) is 6.16. The molecule has 0 aliphatic heterocycles. The summed E-state index contributed by atoms with van der Waals surface area (Å²) >= 11 is 7.42. The highest BCUT2D eigenvalue weighted by Gasteiger charge is 2.31. The number of fused-ring (bicyclic) bond motifs is 1. The molecule has 1 fully saturated rings. The Hall–Kier alpha value is -2.78. The minimum Gasteiger partial charge on any atom is -0.455 e. The van der Waals surface area contributed by atoms with Crippen LogP contribution < -0.4 is 9.77 Å². The maximum absolute atomic E-state index is 14.5. The van der Waals surface area contributed by atoms with Gasteiger partial charge in [0.1, 0.15) is 17.2 Å². The summed E-state index contributed by atoms with van der Waals surface area (Å²) in [5.74, 6) is 0.112. The number of anilines is 2. The van der Waals surface area contributed by atoms with Crippen LogP contribution in [0.4, 0.5) is 15.8 Å². The van der Waals surface area contributed by atoms with Crippen molar-refractivity contribution in [2.24, 2.45) is 0 Å². The highest BCUT2D eigenvalue weighted by Crippen LogP contribution is 2.49. The lowest BCUT2D eigenvalue weighted by molar-refractivity contribution is 0.112. The number of nitrogens with zero attached hydrogens (tertiary/aromatic N) is 1. The van der Waals surface area contributed by atoms with E-state index in [4.69, 9.17) is 16.0 Å². The van der Waals surface area contributed by atoms with Crippen molar-refractivity contribution in [3.8, 4) is 11.3 Å². The average molecular weight is 496 g/mol. The number of hydrogen-bond acceptors (Lipinski definition) is 6. The molecule has 0 atom stereocenters. The molecule has 0 saturated heterocycles. The van der Waals surface area contributed by atoms with Crippen molar-refractivity contribution in [1.82, 2.24) is 0 Å². The number of furan rings is 1. The molecule has 3 aromatic carbocycles. The van der Waals surface area contributed by atoms with Crippen molar-refractivity contribution in [1.29, 1.82) is 0 Å². The van der Waals surface area contributed by atoms with Gasteiger partial charge in [0.15, 0.2) is 6.29 Å². The van der Waals surface area contributed by atoms with Crippen molar-refractivity contribution in [3.05, 3.63) is 76.6 Å². The van der Waals surface area contributed by atoms with Gasteiger partial charge in [-0.1, -0.05) is 17.7 Å². The molecule has 34 heavy (non-hydrogen) atoms. The molecule has 1 heterocycles. The predicted molar refractivity (Wildman–Crippen MR) is 136 cm³/mol. The summed E-state index contributed by atoms with van der Waals surface area (Å²) in [4.78, 5) is 12.1.